The molecule has 3 heterocycles. The van der Waals surface area contributed by atoms with Gasteiger partial charge in [-0.2, -0.15) is 0 Å². The standard InChI is InChI=1S/C29H33N5O3/c1-18-6-7-20(14-22(18)17-34-12-13-37-25-15-30-11-10-21(25)16-34)26(29(3,4)28(35)36)23-8-9-24-27(19(23)2)31-32-33(24)5/h6-11,14-15,26H,12-13,16-17H2,1-5H3,(H,35,36)/t26-/m0/s1. The Bertz CT molecular complexity index is 1480. The third kappa shape index (κ3) is 4.57. The fourth-order valence-corrected chi connectivity index (χ4v) is 5.36. The second kappa shape index (κ2) is 9.59. The van der Waals surface area contributed by atoms with Crippen molar-refractivity contribution in [1.82, 2.24) is 24.9 Å². The summed E-state index contributed by atoms with van der Waals surface area (Å²) in [5.41, 5.74) is 7.06. The number of hydrogen-bond donors (Lipinski definition) is 1. The van der Waals surface area contributed by atoms with Crippen molar-refractivity contribution in [1.29, 1.82) is 0 Å². The van der Waals surface area contributed by atoms with Crippen LogP contribution < -0.4 is 4.74 Å². The van der Waals surface area contributed by atoms with Gasteiger partial charge in [-0.25, -0.2) is 4.68 Å². The van der Waals surface area contributed by atoms with E-state index in [1.807, 2.05) is 32.2 Å². The summed E-state index contributed by atoms with van der Waals surface area (Å²) >= 11 is 0. The number of aromatic nitrogens is 4. The number of nitrogens with zero attached hydrogens (tertiary/aromatic N) is 5. The summed E-state index contributed by atoms with van der Waals surface area (Å²) in [5, 5.41) is 18.8. The molecule has 192 valence electrons. The average Bonchev–Trinajstić information content (AvgIpc) is 3.12. The second-order valence-electron chi connectivity index (χ2n) is 10.5. The van der Waals surface area contributed by atoms with Crippen molar-refractivity contribution in [2.75, 3.05) is 13.2 Å². The minimum absolute atomic E-state index is 0.366. The van der Waals surface area contributed by atoms with Gasteiger partial charge in [0.05, 0.1) is 17.1 Å². The largest absolute Gasteiger partial charge is 0.490 e. The van der Waals surface area contributed by atoms with Gasteiger partial charge < -0.3 is 9.84 Å². The van der Waals surface area contributed by atoms with Crippen LogP contribution in [0.4, 0.5) is 0 Å². The van der Waals surface area contributed by atoms with Gasteiger partial charge in [0.1, 0.15) is 17.9 Å². The lowest BCUT2D eigenvalue weighted by atomic mass is 9.69. The van der Waals surface area contributed by atoms with Crippen LogP contribution in [-0.4, -0.2) is 49.1 Å². The van der Waals surface area contributed by atoms with E-state index >= 15 is 0 Å². The van der Waals surface area contributed by atoms with Gasteiger partial charge in [-0.15, -0.1) is 5.10 Å². The van der Waals surface area contributed by atoms with E-state index in [1.54, 1.807) is 30.9 Å². The van der Waals surface area contributed by atoms with E-state index in [4.69, 9.17) is 4.74 Å². The Morgan fingerprint density at radius 3 is 2.78 bits per heavy atom. The zero-order valence-electron chi connectivity index (χ0n) is 22.0. The summed E-state index contributed by atoms with van der Waals surface area (Å²) in [6.07, 6.45) is 3.58. The Morgan fingerprint density at radius 1 is 1.19 bits per heavy atom. The average molecular weight is 500 g/mol. The molecule has 1 N–H and O–H groups in total. The molecule has 2 aromatic heterocycles. The van der Waals surface area contributed by atoms with Crippen LogP contribution in [0.15, 0.2) is 48.8 Å². The van der Waals surface area contributed by atoms with Gasteiger partial charge in [0, 0.05) is 44.4 Å². The minimum Gasteiger partial charge on any atom is -0.490 e. The number of pyridine rings is 1. The number of rotatable bonds is 6. The molecule has 8 nitrogen and oxygen atoms in total. The first-order chi connectivity index (χ1) is 17.7. The summed E-state index contributed by atoms with van der Waals surface area (Å²) in [7, 11) is 1.86. The molecule has 0 unspecified atom stereocenters. The van der Waals surface area contributed by atoms with Gasteiger partial charge in [-0.05, 0) is 67.6 Å². The molecular formula is C29H33N5O3. The molecule has 0 saturated heterocycles. The Morgan fingerprint density at radius 2 is 2.00 bits per heavy atom. The van der Waals surface area contributed by atoms with E-state index < -0.39 is 11.4 Å². The van der Waals surface area contributed by atoms with Gasteiger partial charge in [-0.1, -0.05) is 29.5 Å². The summed E-state index contributed by atoms with van der Waals surface area (Å²) < 4.78 is 7.65. The highest BCUT2D eigenvalue weighted by Crippen LogP contribution is 2.44. The predicted octanol–water partition coefficient (Wildman–Crippen LogP) is 4.62. The lowest BCUT2D eigenvalue weighted by Gasteiger charge is -2.33. The summed E-state index contributed by atoms with van der Waals surface area (Å²) in [4.78, 5) is 19.1. The molecular weight excluding hydrogens is 466 g/mol. The number of carbonyl (C=O) groups is 1. The highest BCUT2D eigenvalue weighted by Gasteiger charge is 2.40. The van der Waals surface area contributed by atoms with Crippen molar-refractivity contribution < 1.29 is 14.6 Å². The third-order valence-corrected chi connectivity index (χ3v) is 7.69. The van der Waals surface area contributed by atoms with Crippen molar-refractivity contribution in [3.05, 3.63) is 82.2 Å². The Hall–Kier alpha value is -3.78. The van der Waals surface area contributed by atoms with Crippen molar-refractivity contribution in [2.24, 2.45) is 12.5 Å². The molecule has 2 aromatic carbocycles. The number of fused-ring (bicyclic) bond motifs is 2. The van der Waals surface area contributed by atoms with Crippen LogP contribution >= 0.6 is 0 Å². The molecule has 1 atom stereocenters. The van der Waals surface area contributed by atoms with Gasteiger partial charge >= 0.3 is 5.97 Å². The molecule has 0 aliphatic carbocycles. The summed E-state index contributed by atoms with van der Waals surface area (Å²) in [6.45, 7) is 10.6. The molecule has 8 heteroatoms. The molecule has 5 rings (SSSR count). The zero-order valence-corrected chi connectivity index (χ0v) is 22.0. The second-order valence-corrected chi connectivity index (χ2v) is 10.5. The highest BCUT2D eigenvalue weighted by molar-refractivity contribution is 5.81. The zero-order chi connectivity index (χ0) is 26.3. The maximum Gasteiger partial charge on any atom is 0.310 e. The highest BCUT2D eigenvalue weighted by atomic mass is 16.5. The quantitative estimate of drug-likeness (QED) is 0.414. The van der Waals surface area contributed by atoms with Gasteiger partial charge in [0.2, 0.25) is 0 Å². The maximum absolute atomic E-state index is 12.6. The number of carboxylic acids is 1. The van der Waals surface area contributed by atoms with E-state index in [-0.39, 0.29) is 5.92 Å². The van der Waals surface area contributed by atoms with E-state index in [2.05, 4.69) is 45.3 Å². The fraction of sp³-hybridized carbons (Fsp3) is 0.379. The lowest BCUT2D eigenvalue weighted by Crippen LogP contribution is -2.33. The van der Waals surface area contributed by atoms with E-state index in [9.17, 15) is 9.90 Å². The van der Waals surface area contributed by atoms with Crippen molar-refractivity contribution in [2.45, 2.75) is 46.7 Å². The Labute approximate surface area is 216 Å². The molecule has 0 amide bonds. The lowest BCUT2D eigenvalue weighted by molar-refractivity contribution is -0.147. The smallest absolute Gasteiger partial charge is 0.310 e. The molecule has 0 spiro atoms. The molecule has 1 aliphatic rings. The van der Waals surface area contributed by atoms with Crippen LogP contribution in [0.25, 0.3) is 11.0 Å². The van der Waals surface area contributed by atoms with Crippen molar-refractivity contribution >= 4 is 17.0 Å². The number of hydrogen-bond acceptors (Lipinski definition) is 6. The monoisotopic (exact) mass is 499 g/mol. The first kappa shape index (κ1) is 24.9. The Kier molecular flexibility index (Phi) is 6.45. The summed E-state index contributed by atoms with van der Waals surface area (Å²) in [5.74, 6) is -0.364. The molecule has 0 fully saturated rings. The number of carboxylic acid groups (broad SMARTS) is 1. The molecule has 0 bridgehead atoms. The summed E-state index contributed by atoms with van der Waals surface area (Å²) in [6, 6.07) is 12.4. The van der Waals surface area contributed by atoms with E-state index in [1.165, 1.54) is 11.1 Å². The topological polar surface area (TPSA) is 93.4 Å². The van der Waals surface area contributed by atoms with Crippen LogP contribution in [0, 0.1) is 19.3 Å². The molecule has 37 heavy (non-hydrogen) atoms. The van der Waals surface area contributed by atoms with E-state index in [0.717, 1.165) is 58.7 Å². The van der Waals surface area contributed by atoms with Crippen LogP contribution in [0.5, 0.6) is 5.75 Å². The number of benzene rings is 2. The van der Waals surface area contributed by atoms with E-state index in [0.29, 0.717) is 6.61 Å². The van der Waals surface area contributed by atoms with Crippen molar-refractivity contribution in [3.8, 4) is 5.75 Å². The number of aryl methyl sites for hydroxylation is 3. The minimum atomic E-state index is -1.05. The maximum atomic E-state index is 12.6. The van der Waals surface area contributed by atoms with Crippen LogP contribution in [-0.2, 0) is 24.9 Å². The fourth-order valence-electron chi connectivity index (χ4n) is 5.36. The third-order valence-electron chi connectivity index (χ3n) is 7.69. The first-order valence-corrected chi connectivity index (χ1v) is 12.6. The van der Waals surface area contributed by atoms with Crippen LogP contribution in [0.3, 0.4) is 0 Å². The predicted molar refractivity (Wildman–Crippen MR) is 142 cm³/mol. The van der Waals surface area contributed by atoms with Gasteiger partial charge in [0.15, 0.2) is 0 Å². The van der Waals surface area contributed by atoms with Gasteiger partial charge in [-0.3, -0.25) is 14.7 Å². The van der Waals surface area contributed by atoms with Crippen LogP contribution in [0.2, 0.25) is 0 Å². The number of ether oxygens (including phenoxy) is 1. The molecule has 1 aliphatic heterocycles. The molecule has 0 saturated carbocycles. The Balaban J connectivity index is 1.55. The first-order valence-electron chi connectivity index (χ1n) is 12.6. The SMILES string of the molecule is Cc1ccc([C@@H](c2ccc3c(nnn3C)c2C)C(C)(C)C(=O)O)cc1CN1CCOc2cnccc2C1. The number of aliphatic carboxylic acids is 1. The molecule has 4 aromatic rings. The van der Waals surface area contributed by atoms with Crippen LogP contribution in [0.1, 0.15) is 53.1 Å². The normalized spacial score (nSPS) is 15.2. The van der Waals surface area contributed by atoms with Gasteiger partial charge in [0.25, 0.3) is 0 Å². The van der Waals surface area contributed by atoms with Crippen molar-refractivity contribution in [3.63, 3.8) is 0 Å². The molecule has 0 radical (unpaired) electrons.